The third-order valence-corrected chi connectivity index (χ3v) is 10.5. The number of methoxy groups -OCH3 is 1. The molecule has 0 spiro atoms. The molecule has 13 heteroatoms. The summed E-state index contributed by atoms with van der Waals surface area (Å²) in [7, 11) is 1.34. The Hall–Kier alpha value is -3.96. The van der Waals surface area contributed by atoms with E-state index in [0.717, 1.165) is 21.9 Å². The number of ether oxygens (including phenoxy) is 1. The van der Waals surface area contributed by atoms with Crippen molar-refractivity contribution in [2.24, 2.45) is 17.8 Å². The molecule has 10 nitrogen and oxygen atoms in total. The summed E-state index contributed by atoms with van der Waals surface area (Å²) in [5.41, 5.74) is 0.934. The summed E-state index contributed by atoms with van der Waals surface area (Å²) in [6.45, 7) is -0.304. The monoisotopic (exact) mass is 630 g/mol. The number of hydrogen-bond acceptors (Lipinski definition) is 7. The minimum atomic E-state index is -2.13. The van der Waals surface area contributed by atoms with Gasteiger partial charge in [-0.1, -0.05) is 17.7 Å². The molecule has 6 atom stereocenters. The Morgan fingerprint density at radius 1 is 1.05 bits per heavy atom. The molecule has 2 aromatic carbocycles. The molecule has 6 rings (SSSR count). The molecule has 4 aliphatic rings. The number of imide groups is 2. The van der Waals surface area contributed by atoms with Crippen molar-refractivity contribution in [1.82, 2.24) is 4.90 Å². The Bertz CT molecular complexity index is 1630. The molecule has 2 aliphatic heterocycles. The molecule has 2 aromatic rings. The predicted octanol–water partition coefficient (Wildman–Crippen LogP) is 3.58. The molecule has 2 saturated heterocycles. The fourth-order valence-electron chi connectivity index (χ4n) is 7.14. The number of benzene rings is 2. The number of allylic oxidation sites excluding steroid dienone is 2. The van der Waals surface area contributed by atoms with Crippen LogP contribution in [0.25, 0.3) is 0 Å². The predicted molar refractivity (Wildman–Crippen MR) is 150 cm³/mol. The van der Waals surface area contributed by atoms with E-state index in [-0.39, 0.29) is 36.6 Å². The van der Waals surface area contributed by atoms with Crippen LogP contribution < -0.4 is 9.64 Å². The molecule has 2 aliphatic carbocycles. The lowest BCUT2D eigenvalue weighted by Gasteiger charge is -2.50. The second-order valence-electron chi connectivity index (χ2n) is 11.2. The Balaban J connectivity index is 1.52. The molecular formula is C30H25Cl2FN2O8. The molecular weight excluding hydrogens is 606 g/mol. The molecule has 0 bridgehead atoms. The van der Waals surface area contributed by atoms with Gasteiger partial charge in [0.05, 0.1) is 31.1 Å². The van der Waals surface area contributed by atoms with Gasteiger partial charge in [0, 0.05) is 12.5 Å². The van der Waals surface area contributed by atoms with E-state index in [4.69, 9.17) is 33.0 Å². The number of rotatable bonds is 6. The van der Waals surface area contributed by atoms with Gasteiger partial charge in [0.25, 0.3) is 11.8 Å². The number of carbonyl (C=O) groups is 5. The summed E-state index contributed by atoms with van der Waals surface area (Å²) in [5.74, 6) is -8.40. The maximum absolute atomic E-state index is 14.3. The third-order valence-electron chi connectivity index (χ3n) is 9.07. The highest BCUT2D eigenvalue weighted by atomic mass is 35.5. The van der Waals surface area contributed by atoms with Crippen molar-refractivity contribution < 1.29 is 43.3 Å². The Morgan fingerprint density at radius 3 is 2.40 bits per heavy atom. The first-order valence-electron chi connectivity index (χ1n) is 13.5. The Labute approximate surface area is 254 Å². The van der Waals surface area contributed by atoms with Crippen LogP contribution >= 0.6 is 23.2 Å². The van der Waals surface area contributed by atoms with Crippen LogP contribution in [0.15, 0.2) is 54.1 Å². The van der Waals surface area contributed by atoms with E-state index in [9.17, 15) is 33.5 Å². The van der Waals surface area contributed by atoms with Gasteiger partial charge in [0.2, 0.25) is 11.8 Å². The first-order valence-corrected chi connectivity index (χ1v) is 14.3. The molecule has 43 heavy (non-hydrogen) atoms. The first-order chi connectivity index (χ1) is 20.3. The van der Waals surface area contributed by atoms with Crippen LogP contribution in [-0.4, -0.2) is 68.1 Å². The third kappa shape index (κ3) is 4.01. The van der Waals surface area contributed by atoms with Gasteiger partial charge in [-0.15, -0.1) is 23.2 Å². The minimum Gasteiger partial charge on any atom is -0.504 e. The number of anilines is 1. The van der Waals surface area contributed by atoms with Crippen molar-refractivity contribution in [2.75, 3.05) is 18.6 Å². The Kier molecular flexibility index (Phi) is 6.81. The fraction of sp³-hybridized carbons (Fsp3) is 0.367. The largest absolute Gasteiger partial charge is 0.504 e. The number of carboxylic acid groups (broad SMARTS) is 1. The molecule has 4 amide bonds. The average molecular weight is 631 g/mol. The SMILES string of the molecule is COc1cc([C@H]2C3=CC[C@@H]4C(=O)N(CCC(=O)O)C(=O)[C@@H]4[C@@H]3C[C@@]3(Cl)C(=O)N(c4ccc(F)cc4)C(=O)[C@@]23Cl)ccc1O. The van der Waals surface area contributed by atoms with Gasteiger partial charge >= 0.3 is 5.97 Å². The van der Waals surface area contributed by atoms with Crippen LogP contribution in [0, 0.1) is 23.6 Å². The molecule has 1 saturated carbocycles. The number of carboxylic acids is 1. The van der Waals surface area contributed by atoms with Gasteiger partial charge in [-0.2, -0.15) is 0 Å². The smallest absolute Gasteiger partial charge is 0.305 e. The number of halogens is 3. The molecule has 2 heterocycles. The number of nitrogens with zero attached hydrogens (tertiary/aromatic N) is 2. The number of hydrogen-bond donors (Lipinski definition) is 2. The quantitative estimate of drug-likeness (QED) is 0.280. The number of likely N-dealkylation sites (tertiary alicyclic amines) is 1. The molecule has 2 N–H and O–H groups in total. The Morgan fingerprint density at radius 2 is 1.74 bits per heavy atom. The van der Waals surface area contributed by atoms with E-state index >= 15 is 0 Å². The van der Waals surface area contributed by atoms with Crippen LogP contribution in [-0.2, 0) is 24.0 Å². The second-order valence-corrected chi connectivity index (χ2v) is 12.4. The van der Waals surface area contributed by atoms with E-state index in [1.54, 1.807) is 6.08 Å². The highest BCUT2D eigenvalue weighted by Crippen LogP contribution is 2.66. The molecule has 0 unspecified atom stereocenters. The van der Waals surface area contributed by atoms with Crippen LogP contribution in [0.4, 0.5) is 10.1 Å². The van der Waals surface area contributed by atoms with Gasteiger partial charge in [0.15, 0.2) is 21.2 Å². The summed E-state index contributed by atoms with van der Waals surface area (Å²) < 4.78 is 19.0. The van der Waals surface area contributed by atoms with Crippen molar-refractivity contribution in [3.05, 3.63) is 65.5 Å². The second kappa shape index (κ2) is 10.1. The zero-order chi connectivity index (χ0) is 31.0. The van der Waals surface area contributed by atoms with Crippen LogP contribution in [0.5, 0.6) is 11.5 Å². The number of amides is 4. The van der Waals surface area contributed by atoms with Gasteiger partial charge < -0.3 is 14.9 Å². The molecule has 0 radical (unpaired) electrons. The first kappa shape index (κ1) is 29.1. The maximum Gasteiger partial charge on any atom is 0.305 e. The number of phenols is 1. The summed E-state index contributed by atoms with van der Waals surface area (Å²) in [4.78, 5) is 64.1. The normalized spacial score (nSPS) is 31.5. The zero-order valence-electron chi connectivity index (χ0n) is 22.6. The number of aromatic hydroxyl groups is 1. The van der Waals surface area contributed by atoms with Gasteiger partial charge in [-0.25, -0.2) is 9.29 Å². The lowest BCUT2D eigenvalue weighted by Crippen LogP contribution is -2.60. The van der Waals surface area contributed by atoms with E-state index in [0.29, 0.717) is 11.1 Å². The van der Waals surface area contributed by atoms with E-state index in [2.05, 4.69) is 0 Å². The number of alkyl halides is 2. The number of phenolic OH excluding ortho intramolecular Hbond substituents is 1. The van der Waals surface area contributed by atoms with Gasteiger partial charge in [0.1, 0.15) is 5.82 Å². The zero-order valence-corrected chi connectivity index (χ0v) is 24.1. The van der Waals surface area contributed by atoms with Crippen LogP contribution in [0.2, 0.25) is 0 Å². The van der Waals surface area contributed by atoms with E-state index < -0.39 is 75.3 Å². The highest BCUT2D eigenvalue weighted by Gasteiger charge is 2.76. The number of fused-ring (bicyclic) bond motifs is 4. The van der Waals surface area contributed by atoms with E-state index in [1.165, 1.54) is 37.4 Å². The topological polar surface area (TPSA) is 142 Å². The van der Waals surface area contributed by atoms with Crippen molar-refractivity contribution in [2.45, 2.75) is 34.9 Å². The highest BCUT2D eigenvalue weighted by molar-refractivity contribution is 6.58. The number of aliphatic carboxylic acids is 1. The fourth-order valence-corrected chi connectivity index (χ4v) is 8.07. The van der Waals surface area contributed by atoms with Crippen molar-refractivity contribution in [3.63, 3.8) is 0 Å². The molecule has 0 aromatic heterocycles. The van der Waals surface area contributed by atoms with Gasteiger partial charge in [-0.05, 0) is 60.7 Å². The lowest BCUT2D eigenvalue weighted by atomic mass is 9.56. The number of carbonyl (C=O) groups excluding carboxylic acids is 4. The van der Waals surface area contributed by atoms with Crippen molar-refractivity contribution >= 4 is 58.5 Å². The standard InChI is InChI=1S/C30H25Cl2FN2O8/c1-43-21-12-14(2-9-20(21)36)24-17-7-8-18-23(26(40)34(25(18)39)11-10-22(37)38)19(17)13-29(31)27(41)35(28(42)30(24,29)32)16-5-3-15(33)4-6-16/h2-7,9,12,18-19,23-24,36H,8,10-11,13H2,1H3,(H,37,38)/t18-,19+,23-,24-,29+,30-/m0/s1. The average Bonchev–Trinajstić information content (AvgIpc) is 3.30. The molecule has 3 fully saturated rings. The van der Waals surface area contributed by atoms with Crippen LogP contribution in [0.1, 0.15) is 30.7 Å². The minimum absolute atomic E-state index is 0.0506. The summed E-state index contributed by atoms with van der Waals surface area (Å²) in [5, 5.41) is 19.4. The summed E-state index contributed by atoms with van der Waals surface area (Å²) in [6, 6.07) is 9.00. The van der Waals surface area contributed by atoms with Crippen molar-refractivity contribution in [1.29, 1.82) is 0 Å². The lowest BCUT2D eigenvalue weighted by molar-refractivity contribution is -0.142. The van der Waals surface area contributed by atoms with Gasteiger partial charge in [-0.3, -0.25) is 28.9 Å². The molecule has 224 valence electrons. The summed E-state index contributed by atoms with van der Waals surface area (Å²) in [6.07, 6.45) is 1.15. The van der Waals surface area contributed by atoms with Crippen molar-refractivity contribution in [3.8, 4) is 11.5 Å². The maximum atomic E-state index is 14.3. The van der Waals surface area contributed by atoms with E-state index in [1.807, 2.05) is 0 Å². The van der Waals surface area contributed by atoms with Crippen LogP contribution in [0.3, 0.4) is 0 Å². The summed E-state index contributed by atoms with van der Waals surface area (Å²) >= 11 is 14.5.